The second-order valence-electron chi connectivity index (χ2n) is 9.10. The number of hydroxylamine groups is 1. The van der Waals surface area contributed by atoms with Crippen molar-refractivity contribution in [2.75, 3.05) is 26.2 Å². The summed E-state index contributed by atoms with van der Waals surface area (Å²) in [6.07, 6.45) is 4.03. The largest absolute Gasteiger partial charge is 0.356 e. The van der Waals surface area contributed by atoms with Crippen molar-refractivity contribution in [3.63, 3.8) is 0 Å². The monoisotopic (exact) mass is 443 g/mol. The number of hydrogen-bond acceptors (Lipinski definition) is 5. The number of amides is 2. The summed E-state index contributed by atoms with van der Waals surface area (Å²) in [5.41, 5.74) is 4.23. The average molecular weight is 444 g/mol. The first-order chi connectivity index (χ1) is 15.2. The van der Waals surface area contributed by atoms with Crippen molar-refractivity contribution in [1.29, 1.82) is 0 Å². The van der Waals surface area contributed by atoms with Crippen molar-refractivity contribution in [1.82, 2.24) is 25.2 Å². The molecule has 32 heavy (non-hydrogen) atoms. The zero-order valence-corrected chi connectivity index (χ0v) is 19.9. The Hall–Kier alpha value is -2.71. The summed E-state index contributed by atoms with van der Waals surface area (Å²) < 4.78 is 2.22. The predicted molar refractivity (Wildman–Crippen MR) is 127 cm³/mol. The third-order valence-corrected chi connectivity index (χ3v) is 5.28. The maximum absolute atomic E-state index is 12.2. The lowest BCUT2D eigenvalue weighted by molar-refractivity contribution is -0.124. The predicted octanol–water partition coefficient (Wildman–Crippen LogP) is 2.99. The fraction of sp³-hybridized carbons (Fsp3) is 0.542. The Morgan fingerprint density at radius 3 is 2.56 bits per heavy atom. The fourth-order valence-electron chi connectivity index (χ4n) is 3.59. The highest BCUT2D eigenvalue weighted by Crippen LogP contribution is 2.20. The average Bonchev–Trinajstić information content (AvgIpc) is 3.08. The standard InChI is InChI=1S/C24H37N5O3/c1-6-28(7-2)14-15-29-20-10-8-18(9-11-22(30)27-32)16-19(20)26-21(29)12-13-25-23(31)17-24(3,4)5/h8-11,16,32H,6-7,12-15,17H2,1-5H3,(H,25,31)(H,27,30)/b11-9+. The molecule has 0 spiro atoms. The van der Waals surface area contributed by atoms with Crippen molar-refractivity contribution < 1.29 is 14.8 Å². The Labute approximate surface area is 190 Å². The Morgan fingerprint density at radius 2 is 1.94 bits per heavy atom. The number of benzene rings is 1. The second kappa shape index (κ2) is 11.8. The minimum atomic E-state index is -0.582. The highest BCUT2D eigenvalue weighted by molar-refractivity contribution is 5.91. The van der Waals surface area contributed by atoms with Gasteiger partial charge in [0.2, 0.25) is 5.91 Å². The molecule has 0 radical (unpaired) electrons. The molecule has 0 fully saturated rings. The van der Waals surface area contributed by atoms with Crippen LogP contribution in [-0.2, 0) is 22.6 Å². The van der Waals surface area contributed by atoms with Gasteiger partial charge in [0.25, 0.3) is 5.91 Å². The van der Waals surface area contributed by atoms with Gasteiger partial charge in [0.15, 0.2) is 0 Å². The normalized spacial score (nSPS) is 12.1. The van der Waals surface area contributed by atoms with Crippen LogP contribution in [0.4, 0.5) is 0 Å². The van der Waals surface area contributed by atoms with E-state index in [0.29, 0.717) is 19.4 Å². The molecule has 0 aliphatic heterocycles. The van der Waals surface area contributed by atoms with Crippen molar-refractivity contribution >= 4 is 28.9 Å². The summed E-state index contributed by atoms with van der Waals surface area (Å²) in [7, 11) is 0. The van der Waals surface area contributed by atoms with Crippen LogP contribution in [0.25, 0.3) is 17.1 Å². The van der Waals surface area contributed by atoms with E-state index in [2.05, 4.69) is 49.4 Å². The van der Waals surface area contributed by atoms with Gasteiger partial charge in [0.05, 0.1) is 11.0 Å². The van der Waals surface area contributed by atoms with Gasteiger partial charge in [0, 0.05) is 38.6 Å². The lowest BCUT2D eigenvalue weighted by atomic mass is 9.92. The summed E-state index contributed by atoms with van der Waals surface area (Å²) in [6.45, 7) is 14.7. The molecule has 0 atom stereocenters. The van der Waals surface area contributed by atoms with E-state index in [1.807, 2.05) is 18.2 Å². The smallest absolute Gasteiger partial charge is 0.267 e. The first kappa shape index (κ1) is 25.5. The number of carbonyl (C=O) groups excluding carboxylic acids is 2. The maximum atomic E-state index is 12.2. The minimum absolute atomic E-state index is 0.0438. The molecule has 176 valence electrons. The number of hydrogen-bond donors (Lipinski definition) is 3. The van der Waals surface area contributed by atoms with Crippen molar-refractivity contribution in [2.45, 2.75) is 54.0 Å². The Bertz CT molecular complexity index is 939. The van der Waals surface area contributed by atoms with Gasteiger partial charge in [-0.15, -0.1) is 0 Å². The summed E-state index contributed by atoms with van der Waals surface area (Å²) in [4.78, 5) is 30.7. The summed E-state index contributed by atoms with van der Waals surface area (Å²) in [5.74, 6) is 0.400. The molecule has 0 aliphatic carbocycles. The van der Waals surface area contributed by atoms with Gasteiger partial charge in [-0.05, 0) is 42.3 Å². The van der Waals surface area contributed by atoms with Gasteiger partial charge < -0.3 is 14.8 Å². The van der Waals surface area contributed by atoms with Crippen LogP contribution < -0.4 is 10.8 Å². The highest BCUT2D eigenvalue weighted by Gasteiger charge is 2.16. The van der Waals surface area contributed by atoms with Gasteiger partial charge in [-0.25, -0.2) is 10.5 Å². The number of fused-ring (bicyclic) bond motifs is 1. The molecule has 8 nitrogen and oxygen atoms in total. The molecule has 0 bridgehead atoms. The van der Waals surface area contributed by atoms with Crippen LogP contribution >= 0.6 is 0 Å². The van der Waals surface area contributed by atoms with Crippen LogP contribution in [0.5, 0.6) is 0 Å². The fourth-order valence-corrected chi connectivity index (χ4v) is 3.59. The van der Waals surface area contributed by atoms with Crippen molar-refractivity contribution in [3.05, 3.63) is 35.7 Å². The highest BCUT2D eigenvalue weighted by atomic mass is 16.5. The molecule has 2 aromatic rings. The van der Waals surface area contributed by atoms with E-state index in [1.165, 1.54) is 6.08 Å². The van der Waals surface area contributed by atoms with Gasteiger partial charge >= 0.3 is 0 Å². The van der Waals surface area contributed by atoms with E-state index >= 15 is 0 Å². The van der Waals surface area contributed by atoms with Crippen LogP contribution in [-0.4, -0.2) is 57.7 Å². The molecule has 1 aromatic carbocycles. The lowest BCUT2D eigenvalue weighted by Gasteiger charge is -2.19. The summed E-state index contributed by atoms with van der Waals surface area (Å²) in [6, 6.07) is 5.85. The molecule has 2 amide bonds. The van der Waals surface area contributed by atoms with E-state index < -0.39 is 5.91 Å². The first-order valence-electron chi connectivity index (χ1n) is 11.3. The molecule has 2 rings (SSSR count). The molecule has 1 aromatic heterocycles. The third kappa shape index (κ3) is 7.76. The Kier molecular flexibility index (Phi) is 9.41. The SMILES string of the molecule is CCN(CC)CCn1c(CCNC(=O)CC(C)(C)C)nc2cc(/C=C/C(=O)NO)ccc21. The topological polar surface area (TPSA) is 99.5 Å². The van der Waals surface area contributed by atoms with E-state index in [4.69, 9.17) is 10.2 Å². The molecule has 0 saturated carbocycles. The number of nitrogens with one attached hydrogen (secondary N) is 2. The Morgan fingerprint density at radius 1 is 1.22 bits per heavy atom. The third-order valence-electron chi connectivity index (χ3n) is 5.28. The van der Waals surface area contributed by atoms with Gasteiger partial charge in [0.1, 0.15) is 5.82 Å². The maximum Gasteiger partial charge on any atom is 0.267 e. The van der Waals surface area contributed by atoms with E-state index in [9.17, 15) is 9.59 Å². The van der Waals surface area contributed by atoms with E-state index in [0.717, 1.165) is 48.6 Å². The Balaban J connectivity index is 2.23. The summed E-state index contributed by atoms with van der Waals surface area (Å²) >= 11 is 0. The zero-order chi connectivity index (χ0) is 23.7. The summed E-state index contributed by atoms with van der Waals surface area (Å²) in [5, 5.41) is 11.7. The molecular formula is C24H37N5O3. The number of likely N-dealkylation sites (N-methyl/N-ethyl adjacent to an activating group) is 1. The molecule has 1 heterocycles. The lowest BCUT2D eigenvalue weighted by Crippen LogP contribution is -2.30. The molecule has 3 N–H and O–H groups in total. The van der Waals surface area contributed by atoms with Crippen molar-refractivity contribution in [3.8, 4) is 0 Å². The molecule has 0 saturated heterocycles. The van der Waals surface area contributed by atoms with Crippen LogP contribution in [0.1, 0.15) is 52.4 Å². The van der Waals surface area contributed by atoms with E-state index in [1.54, 1.807) is 11.6 Å². The minimum Gasteiger partial charge on any atom is -0.356 e. The number of nitrogens with zero attached hydrogens (tertiary/aromatic N) is 3. The second-order valence-corrected chi connectivity index (χ2v) is 9.10. The van der Waals surface area contributed by atoms with Gasteiger partial charge in [-0.1, -0.05) is 40.7 Å². The van der Waals surface area contributed by atoms with Crippen LogP contribution in [0.3, 0.4) is 0 Å². The molecule has 8 heteroatoms. The van der Waals surface area contributed by atoms with E-state index in [-0.39, 0.29) is 11.3 Å². The van der Waals surface area contributed by atoms with Crippen LogP contribution in [0.15, 0.2) is 24.3 Å². The van der Waals surface area contributed by atoms with Crippen LogP contribution in [0.2, 0.25) is 0 Å². The zero-order valence-electron chi connectivity index (χ0n) is 19.9. The van der Waals surface area contributed by atoms with Gasteiger partial charge in [-0.2, -0.15) is 0 Å². The quantitative estimate of drug-likeness (QED) is 0.282. The first-order valence-corrected chi connectivity index (χ1v) is 11.3. The molecular weight excluding hydrogens is 406 g/mol. The number of carbonyl (C=O) groups is 2. The molecule has 0 unspecified atom stereocenters. The number of rotatable bonds is 11. The number of aromatic nitrogens is 2. The number of imidazole rings is 1. The molecule has 0 aliphatic rings. The van der Waals surface area contributed by atoms with Crippen LogP contribution in [0, 0.1) is 5.41 Å². The van der Waals surface area contributed by atoms with Crippen molar-refractivity contribution in [2.24, 2.45) is 5.41 Å². The van der Waals surface area contributed by atoms with Gasteiger partial charge in [-0.3, -0.25) is 14.8 Å².